The van der Waals surface area contributed by atoms with Gasteiger partial charge < -0.3 is 9.84 Å². The molecule has 17 heavy (non-hydrogen) atoms. The molecule has 0 saturated heterocycles. The van der Waals surface area contributed by atoms with E-state index < -0.39 is 6.10 Å². The van der Waals surface area contributed by atoms with Crippen molar-refractivity contribution in [3.05, 3.63) is 28.2 Å². The Labute approximate surface area is 112 Å². The molecule has 0 heterocycles. The van der Waals surface area contributed by atoms with Crippen LogP contribution in [0.4, 0.5) is 0 Å². The van der Waals surface area contributed by atoms with Crippen LogP contribution in [0, 0.1) is 0 Å². The van der Waals surface area contributed by atoms with Gasteiger partial charge in [0.2, 0.25) is 0 Å². The summed E-state index contributed by atoms with van der Waals surface area (Å²) in [7, 11) is 0. The summed E-state index contributed by atoms with van der Waals surface area (Å²) < 4.78 is 6.68. The van der Waals surface area contributed by atoms with E-state index >= 15 is 0 Å². The minimum atomic E-state index is -0.502. The second kappa shape index (κ2) is 7.72. The smallest absolute Gasteiger partial charge is 0.125 e. The first-order valence-corrected chi connectivity index (χ1v) is 7.04. The van der Waals surface area contributed by atoms with Crippen LogP contribution < -0.4 is 4.74 Å². The SMILES string of the molecule is CCCCCCOc1ccc(Br)cc1[C@@H](C)O. The van der Waals surface area contributed by atoms with E-state index in [1.54, 1.807) is 6.92 Å². The van der Waals surface area contributed by atoms with Crippen molar-refractivity contribution in [2.24, 2.45) is 0 Å². The molecule has 1 N–H and O–H groups in total. The van der Waals surface area contributed by atoms with Gasteiger partial charge in [0, 0.05) is 10.0 Å². The number of aliphatic hydroxyl groups excluding tert-OH is 1. The third-order valence-electron chi connectivity index (χ3n) is 2.68. The number of halogens is 1. The zero-order valence-corrected chi connectivity index (χ0v) is 12.2. The normalized spacial score (nSPS) is 12.5. The monoisotopic (exact) mass is 300 g/mol. The molecule has 0 aromatic heterocycles. The Kier molecular flexibility index (Phi) is 6.60. The fourth-order valence-electron chi connectivity index (χ4n) is 1.69. The van der Waals surface area contributed by atoms with E-state index in [2.05, 4.69) is 22.9 Å². The Morgan fingerprint density at radius 1 is 1.29 bits per heavy atom. The van der Waals surface area contributed by atoms with E-state index in [9.17, 15) is 5.11 Å². The molecule has 96 valence electrons. The highest BCUT2D eigenvalue weighted by Crippen LogP contribution is 2.28. The quantitative estimate of drug-likeness (QED) is 0.753. The number of unbranched alkanes of at least 4 members (excludes halogenated alkanes) is 3. The summed E-state index contributed by atoms with van der Waals surface area (Å²) in [6.45, 7) is 4.67. The molecular formula is C14H21BrO2. The van der Waals surface area contributed by atoms with Crippen LogP contribution in [-0.4, -0.2) is 11.7 Å². The van der Waals surface area contributed by atoms with Gasteiger partial charge in [-0.15, -0.1) is 0 Å². The standard InChI is InChI=1S/C14H21BrO2/c1-3-4-5-6-9-17-14-8-7-12(15)10-13(14)11(2)16/h7-8,10-11,16H,3-6,9H2,1-2H3/t11-/m1/s1. The van der Waals surface area contributed by atoms with Gasteiger partial charge in [-0.25, -0.2) is 0 Å². The second-order valence-corrected chi connectivity index (χ2v) is 5.18. The van der Waals surface area contributed by atoms with Crippen LogP contribution in [0.15, 0.2) is 22.7 Å². The molecule has 0 amide bonds. The Bertz CT molecular complexity index is 337. The number of aliphatic hydroxyl groups is 1. The lowest BCUT2D eigenvalue weighted by atomic mass is 10.1. The lowest BCUT2D eigenvalue weighted by molar-refractivity contribution is 0.190. The third kappa shape index (κ3) is 5.09. The van der Waals surface area contributed by atoms with E-state index in [-0.39, 0.29) is 0 Å². The van der Waals surface area contributed by atoms with Crippen LogP contribution >= 0.6 is 15.9 Å². The Morgan fingerprint density at radius 2 is 2.06 bits per heavy atom. The van der Waals surface area contributed by atoms with Crippen molar-refractivity contribution in [2.45, 2.75) is 45.6 Å². The molecule has 0 fully saturated rings. The van der Waals surface area contributed by atoms with E-state index in [0.717, 1.165) is 28.8 Å². The molecule has 0 aliphatic heterocycles. The van der Waals surface area contributed by atoms with Gasteiger partial charge in [-0.05, 0) is 31.5 Å². The summed E-state index contributed by atoms with van der Waals surface area (Å²) in [5.41, 5.74) is 0.842. The summed E-state index contributed by atoms with van der Waals surface area (Å²) in [5.74, 6) is 0.791. The van der Waals surface area contributed by atoms with Gasteiger partial charge in [-0.2, -0.15) is 0 Å². The van der Waals surface area contributed by atoms with Gasteiger partial charge in [0.05, 0.1) is 12.7 Å². The zero-order chi connectivity index (χ0) is 12.7. The van der Waals surface area contributed by atoms with Crippen LogP contribution in [0.3, 0.4) is 0 Å². The van der Waals surface area contributed by atoms with Crippen LogP contribution in [-0.2, 0) is 0 Å². The lowest BCUT2D eigenvalue weighted by Crippen LogP contribution is -2.02. The number of benzene rings is 1. The largest absolute Gasteiger partial charge is 0.493 e. The molecule has 3 heteroatoms. The van der Waals surface area contributed by atoms with Crippen molar-refractivity contribution >= 4 is 15.9 Å². The van der Waals surface area contributed by atoms with Crippen molar-refractivity contribution < 1.29 is 9.84 Å². The van der Waals surface area contributed by atoms with Crippen LogP contribution in [0.1, 0.15) is 51.2 Å². The Balaban J connectivity index is 2.52. The number of hydrogen-bond acceptors (Lipinski definition) is 2. The maximum atomic E-state index is 9.67. The van der Waals surface area contributed by atoms with Gasteiger partial charge in [0.25, 0.3) is 0 Å². The van der Waals surface area contributed by atoms with Gasteiger partial charge in [0.15, 0.2) is 0 Å². The summed E-state index contributed by atoms with van der Waals surface area (Å²) in [6, 6.07) is 5.76. The summed E-state index contributed by atoms with van der Waals surface area (Å²) in [6.07, 6.45) is 4.27. The number of ether oxygens (including phenoxy) is 1. The van der Waals surface area contributed by atoms with E-state index in [1.165, 1.54) is 19.3 Å². The van der Waals surface area contributed by atoms with Crippen LogP contribution in [0.25, 0.3) is 0 Å². The van der Waals surface area contributed by atoms with Gasteiger partial charge >= 0.3 is 0 Å². The predicted molar refractivity (Wildman–Crippen MR) is 74.4 cm³/mol. The van der Waals surface area contributed by atoms with E-state index in [4.69, 9.17) is 4.74 Å². The first kappa shape index (κ1) is 14.5. The molecule has 0 aliphatic carbocycles. The minimum absolute atomic E-state index is 0.502. The van der Waals surface area contributed by atoms with Gasteiger partial charge in [-0.1, -0.05) is 42.1 Å². The molecule has 1 rings (SSSR count). The average Bonchev–Trinajstić information content (AvgIpc) is 2.30. The van der Waals surface area contributed by atoms with E-state index in [1.807, 2.05) is 18.2 Å². The third-order valence-corrected chi connectivity index (χ3v) is 3.17. The lowest BCUT2D eigenvalue weighted by Gasteiger charge is -2.13. The first-order valence-electron chi connectivity index (χ1n) is 6.25. The highest BCUT2D eigenvalue weighted by Gasteiger charge is 2.09. The molecule has 0 unspecified atom stereocenters. The maximum Gasteiger partial charge on any atom is 0.125 e. The van der Waals surface area contributed by atoms with E-state index in [0.29, 0.717) is 0 Å². The van der Waals surface area contributed by atoms with Gasteiger partial charge in [0.1, 0.15) is 5.75 Å². The van der Waals surface area contributed by atoms with Crippen molar-refractivity contribution in [2.75, 3.05) is 6.61 Å². The molecule has 0 saturated carbocycles. The number of rotatable bonds is 7. The molecule has 1 aromatic rings. The molecule has 0 radical (unpaired) electrons. The topological polar surface area (TPSA) is 29.5 Å². The summed E-state index contributed by atoms with van der Waals surface area (Å²) >= 11 is 3.40. The Hall–Kier alpha value is -0.540. The zero-order valence-electron chi connectivity index (χ0n) is 10.6. The van der Waals surface area contributed by atoms with Crippen LogP contribution in [0.5, 0.6) is 5.75 Å². The molecule has 1 aromatic carbocycles. The van der Waals surface area contributed by atoms with Crippen molar-refractivity contribution in [1.82, 2.24) is 0 Å². The summed E-state index contributed by atoms with van der Waals surface area (Å²) in [4.78, 5) is 0. The van der Waals surface area contributed by atoms with Crippen molar-refractivity contribution in [3.8, 4) is 5.75 Å². The fraction of sp³-hybridized carbons (Fsp3) is 0.571. The van der Waals surface area contributed by atoms with Crippen molar-refractivity contribution in [3.63, 3.8) is 0 Å². The molecule has 1 atom stereocenters. The molecular weight excluding hydrogens is 280 g/mol. The highest BCUT2D eigenvalue weighted by molar-refractivity contribution is 9.10. The second-order valence-electron chi connectivity index (χ2n) is 4.27. The molecule has 0 spiro atoms. The molecule has 0 bridgehead atoms. The fourth-order valence-corrected chi connectivity index (χ4v) is 2.07. The summed E-state index contributed by atoms with van der Waals surface area (Å²) in [5, 5.41) is 9.67. The average molecular weight is 301 g/mol. The highest BCUT2D eigenvalue weighted by atomic mass is 79.9. The molecule has 2 nitrogen and oxygen atoms in total. The molecule has 0 aliphatic rings. The predicted octanol–water partition coefficient (Wildman–Crippen LogP) is 4.46. The van der Waals surface area contributed by atoms with Crippen LogP contribution in [0.2, 0.25) is 0 Å². The number of hydrogen-bond donors (Lipinski definition) is 1. The first-order chi connectivity index (χ1) is 8.15. The van der Waals surface area contributed by atoms with Gasteiger partial charge in [-0.3, -0.25) is 0 Å². The Morgan fingerprint density at radius 3 is 2.71 bits per heavy atom. The minimum Gasteiger partial charge on any atom is -0.493 e. The maximum absolute atomic E-state index is 9.67. The van der Waals surface area contributed by atoms with Crippen molar-refractivity contribution in [1.29, 1.82) is 0 Å².